The maximum absolute atomic E-state index is 12.6. The number of aryl methyl sites for hydroxylation is 1. The van der Waals surface area contributed by atoms with E-state index in [0.717, 1.165) is 17.2 Å². The van der Waals surface area contributed by atoms with E-state index >= 15 is 0 Å². The molecule has 0 radical (unpaired) electrons. The Hall–Kier alpha value is -2.50. The molecule has 10 heteroatoms. The van der Waals surface area contributed by atoms with Gasteiger partial charge in [-0.05, 0) is 31.2 Å². The van der Waals surface area contributed by atoms with Gasteiger partial charge < -0.3 is 24.6 Å². The van der Waals surface area contributed by atoms with Crippen LogP contribution in [-0.2, 0) is 11.8 Å². The molecule has 0 aliphatic carbocycles. The van der Waals surface area contributed by atoms with Gasteiger partial charge in [-0.1, -0.05) is 0 Å². The molecule has 30 heavy (non-hydrogen) atoms. The summed E-state index contributed by atoms with van der Waals surface area (Å²) in [5.74, 6) is 2.28. The number of aliphatic imine (C=N–C) groups is 1. The molecule has 1 aliphatic heterocycles. The first-order valence-electron chi connectivity index (χ1n) is 9.55. The van der Waals surface area contributed by atoms with E-state index in [0.29, 0.717) is 25.6 Å². The normalized spacial score (nSPS) is 15.5. The summed E-state index contributed by atoms with van der Waals surface area (Å²) in [5.41, 5.74) is 0.821. The lowest BCUT2D eigenvalue weighted by atomic mass is 10.3. The Morgan fingerprint density at radius 2 is 1.97 bits per heavy atom. The number of hydrogen-bond acceptors (Lipinski definition) is 5. The molecule has 164 valence electrons. The number of carbonyl (C=O) groups is 1. The van der Waals surface area contributed by atoms with Gasteiger partial charge in [-0.25, -0.2) is 0 Å². The van der Waals surface area contributed by atoms with Gasteiger partial charge in [0, 0.05) is 33.4 Å². The van der Waals surface area contributed by atoms with Crippen LogP contribution in [0.1, 0.15) is 6.92 Å². The molecule has 9 nitrogen and oxygen atoms in total. The van der Waals surface area contributed by atoms with Crippen LogP contribution < -0.4 is 19.7 Å². The van der Waals surface area contributed by atoms with Gasteiger partial charge in [-0.2, -0.15) is 5.10 Å². The molecular formula is C20H29IN6O3. The van der Waals surface area contributed by atoms with Crippen LogP contribution in [0.2, 0.25) is 0 Å². The number of methoxy groups -OCH3 is 1. The van der Waals surface area contributed by atoms with Crippen molar-refractivity contribution in [2.45, 2.75) is 13.0 Å². The second kappa shape index (κ2) is 11.0. The highest BCUT2D eigenvalue weighted by Gasteiger charge is 2.27. The molecule has 0 bridgehead atoms. The van der Waals surface area contributed by atoms with E-state index in [4.69, 9.17) is 9.47 Å². The number of benzene rings is 1. The molecule has 1 unspecified atom stereocenters. The molecule has 0 saturated carbocycles. The average molecular weight is 528 g/mol. The van der Waals surface area contributed by atoms with Crippen LogP contribution in [0.5, 0.6) is 11.5 Å². The third-order valence-electron chi connectivity index (χ3n) is 4.68. The zero-order valence-electron chi connectivity index (χ0n) is 17.7. The van der Waals surface area contributed by atoms with Crippen LogP contribution in [0, 0.1) is 0 Å². The number of anilines is 1. The van der Waals surface area contributed by atoms with Crippen molar-refractivity contribution in [1.82, 2.24) is 20.0 Å². The van der Waals surface area contributed by atoms with E-state index in [1.54, 1.807) is 29.9 Å². The Morgan fingerprint density at radius 1 is 1.27 bits per heavy atom. The van der Waals surface area contributed by atoms with Crippen molar-refractivity contribution in [3.05, 3.63) is 36.7 Å². The van der Waals surface area contributed by atoms with E-state index in [1.165, 1.54) is 0 Å². The molecule has 3 rings (SSSR count). The highest BCUT2D eigenvalue weighted by atomic mass is 127. The first-order chi connectivity index (χ1) is 14.0. The first-order valence-corrected chi connectivity index (χ1v) is 9.55. The molecule has 1 aromatic carbocycles. The summed E-state index contributed by atoms with van der Waals surface area (Å²) in [6, 6.07) is 7.48. The van der Waals surface area contributed by atoms with Crippen molar-refractivity contribution in [2.75, 3.05) is 45.2 Å². The molecule has 1 fully saturated rings. The van der Waals surface area contributed by atoms with Gasteiger partial charge in [0.05, 0.1) is 25.5 Å². The zero-order valence-corrected chi connectivity index (χ0v) is 20.1. The third-order valence-corrected chi connectivity index (χ3v) is 4.68. The van der Waals surface area contributed by atoms with Gasteiger partial charge in [0.2, 0.25) is 5.91 Å². The first kappa shape index (κ1) is 23.8. The minimum atomic E-state index is -0.0764. The number of nitrogens with one attached hydrogen (secondary N) is 1. The number of amides is 1. The third kappa shape index (κ3) is 6.00. The van der Waals surface area contributed by atoms with Crippen molar-refractivity contribution < 1.29 is 14.3 Å². The summed E-state index contributed by atoms with van der Waals surface area (Å²) in [6.07, 6.45) is 3.48. The van der Waals surface area contributed by atoms with Gasteiger partial charge in [0.1, 0.15) is 24.1 Å². The lowest BCUT2D eigenvalue weighted by Gasteiger charge is -2.35. The van der Waals surface area contributed by atoms with Gasteiger partial charge in [0.25, 0.3) is 0 Å². The largest absolute Gasteiger partial charge is 0.497 e. The molecule has 2 aromatic rings. The van der Waals surface area contributed by atoms with Crippen molar-refractivity contribution in [2.24, 2.45) is 12.0 Å². The fourth-order valence-corrected chi connectivity index (χ4v) is 3.17. The smallest absolute Gasteiger partial charge is 0.246 e. The second-order valence-electron chi connectivity index (χ2n) is 6.87. The van der Waals surface area contributed by atoms with E-state index in [9.17, 15) is 4.79 Å². The van der Waals surface area contributed by atoms with Gasteiger partial charge in [-0.3, -0.25) is 14.5 Å². The van der Waals surface area contributed by atoms with Crippen LogP contribution in [0.25, 0.3) is 0 Å². The summed E-state index contributed by atoms with van der Waals surface area (Å²) >= 11 is 0. The minimum Gasteiger partial charge on any atom is -0.497 e. The topological polar surface area (TPSA) is 84.2 Å². The Labute approximate surface area is 194 Å². The number of nitrogens with zero attached hydrogens (tertiary/aromatic N) is 5. The molecule has 1 atom stereocenters. The van der Waals surface area contributed by atoms with Crippen molar-refractivity contribution in [3.8, 4) is 11.5 Å². The highest BCUT2D eigenvalue weighted by Crippen LogP contribution is 2.18. The molecule has 1 saturated heterocycles. The number of carbonyl (C=O) groups excluding carboxylic acids is 1. The maximum atomic E-state index is 12.6. The maximum Gasteiger partial charge on any atom is 0.246 e. The monoisotopic (exact) mass is 528 g/mol. The summed E-state index contributed by atoms with van der Waals surface area (Å²) < 4.78 is 12.8. The fraction of sp³-hybridized carbons (Fsp3) is 0.450. The quantitative estimate of drug-likeness (QED) is 0.350. The number of ether oxygens (including phenoxy) is 2. The number of halogens is 1. The predicted molar refractivity (Wildman–Crippen MR) is 127 cm³/mol. The van der Waals surface area contributed by atoms with E-state index in [1.807, 2.05) is 49.3 Å². The summed E-state index contributed by atoms with van der Waals surface area (Å²) in [6.45, 7) is 4.09. The molecule has 1 aliphatic rings. The summed E-state index contributed by atoms with van der Waals surface area (Å²) in [7, 11) is 5.19. The van der Waals surface area contributed by atoms with Crippen molar-refractivity contribution in [1.29, 1.82) is 0 Å². The standard InChI is InChI=1S/C20H28N6O3.HI/c1-15(29-18-7-5-17(28-4)6-8-18)11-22-20(21-2)25-9-10-26(19(27)14-25)16-12-23-24(3)13-16;/h5-8,12-13,15H,9-11,14H2,1-4H3,(H,21,22);1H. The van der Waals surface area contributed by atoms with Crippen LogP contribution in [-0.4, -0.2) is 73.0 Å². The Kier molecular flexibility index (Phi) is 8.75. The summed E-state index contributed by atoms with van der Waals surface area (Å²) in [4.78, 5) is 20.6. The number of guanidine groups is 1. The lowest BCUT2D eigenvalue weighted by Crippen LogP contribution is -2.56. The molecule has 1 amide bonds. The minimum absolute atomic E-state index is 0. The van der Waals surface area contributed by atoms with E-state index in [2.05, 4.69) is 15.4 Å². The summed E-state index contributed by atoms with van der Waals surface area (Å²) in [5, 5.41) is 7.44. The van der Waals surface area contributed by atoms with Gasteiger partial charge in [0.15, 0.2) is 5.96 Å². The Balaban J connectivity index is 0.00000320. The second-order valence-corrected chi connectivity index (χ2v) is 6.87. The molecule has 1 N–H and O–H groups in total. The molecule has 1 aromatic heterocycles. The number of aromatic nitrogens is 2. The van der Waals surface area contributed by atoms with Crippen LogP contribution in [0.3, 0.4) is 0 Å². The van der Waals surface area contributed by atoms with Crippen LogP contribution >= 0.6 is 24.0 Å². The van der Waals surface area contributed by atoms with Gasteiger partial charge in [-0.15, -0.1) is 24.0 Å². The number of piperazine rings is 1. The zero-order chi connectivity index (χ0) is 20.8. The molecule has 2 heterocycles. The van der Waals surface area contributed by atoms with E-state index < -0.39 is 0 Å². The van der Waals surface area contributed by atoms with Crippen molar-refractivity contribution in [3.63, 3.8) is 0 Å². The van der Waals surface area contributed by atoms with Crippen molar-refractivity contribution >= 4 is 41.5 Å². The molecular weight excluding hydrogens is 499 g/mol. The number of hydrogen-bond donors (Lipinski definition) is 1. The Bertz CT molecular complexity index is 854. The van der Waals surface area contributed by atoms with Crippen LogP contribution in [0.4, 0.5) is 5.69 Å². The highest BCUT2D eigenvalue weighted by molar-refractivity contribution is 14.0. The average Bonchev–Trinajstić information content (AvgIpc) is 3.15. The Morgan fingerprint density at radius 3 is 2.53 bits per heavy atom. The van der Waals surface area contributed by atoms with Crippen LogP contribution in [0.15, 0.2) is 41.7 Å². The SMILES string of the molecule is CN=C(NCC(C)Oc1ccc(OC)cc1)N1CCN(c2cnn(C)c2)C(=O)C1.I. The van der Waals surface area contributed by atoms with E-state index in [-0.39, 0.29) is 42.5 Å². The lowest BCUT2D eigenvalue weighted by molar-refractivity contribution is -0.120. The number of rotatable bonds is 6. The molecule has 0 spiro atoms. The fourth-order valence-electron chi connectivity index (χ4n) is 3.17. The predicted octanol–water partition coefficient (Wildman–Crippen LogP) is 1.74. The van der Waals surface area contributed by atoms with Gasteiger partial charge >= 0.3 is 0 Å².